The number of aliphatic hydroxyl groups excluding tert-OH is 1. The zero-order valence-corrected chi connectivity index (χ0v) is 10.7. The molecule has 96 valence electrons. The van der Waals surface area contributed by atoms with Gasteiger partial charge in [0.1, 0.15) is 0 Å². The van der Waals surface area contributed by atoms with Gasteiger partial charge in [-0.25, -0.2) is 4.98 Å². The fourth-order valence-corrected chi connectivity index (χ4v) is 4.41. The Balaban J connectivity index is 1.71. The summed E-state index contributed by atoms with van der Waals surface area (Å²) < 4.78 is 2.28. The van der Waals surface area contributed by atoms with Crippen LogP contribution < -0.4 is 0 Å². The van der Waals surface area contributed by atoms with Crippen LogP contribution in [-0.4, -0.2) is 20.8 Å². The van der Waals surface area contributed by atoms with Crippen molar-refractivity contribution in [2.24, 2.45) is 11.3 Å². The standard InChI is InChI=1S/C16H16N2O/c19-13-7-16(5-6-16)14(13)15-11-4-2-1-3-10(11)12-8-17-9-18(12)15/h1-4,8-9,13-15,19H,5-7H2/t13-,14+,15?/m0/s1. The normalized spacial score (nSPS) is 32.8. The van der Waals surface area contributed by atoms with E-state index in [-0.39, 0.29) is 6.10 Å². The minimum atomic E-state index is -0.145. The maximum absolute atomic E-state index is 10.3. The summed E-state index contributed by atoms with van der Waals surface area (Å²) >= 11 is 0. The summed E-state index contributed by atoms with van der Waals surface area (Å²) in [5.41, 5.74) is 4.30. The molecular weight excluding hydrogens is 236 g/mol. The predicted octanol–water partition coefficient (Wildman–Crippen LogP) is 2.61. The van der Waals surface area contributed by atoms with Gasteiger partial charge in [-0.15, -0.1) is 0 Å². The molecule has 1 unspecified atom stereocenters. The second-order valence-corrected chi connectivity index (χ2v) is 6.38. The Kier molecular flexibility index (Phi) is 1.67. The molecule has 3 nitrogen and oxygen atoms in total. The quantitative estimate of drug-likeness (QED) is 0.847. The molecule has 3 heteroatoms. The molecule has 2 aliphatic carbocycles. The van der Waals surface area contributed by atoms with Crippen molar-refractivity contribution in [3.05, 3.63) is 42.4 Å². The number of imidazole rings is 1. The summed E-state index contributed by atoms with van der Waals surface area (Å²) in [5.74, 6) is 0.379. The lowest BCUT2D eigenvalue weighted by atomic mass is 9.63. The molecule has 1 aromatic carbocycles. The molecule has 2 saturated carbocycles. The number of aliphatic hydroxyl groups is 1. The number of benzene rings is 1. The van der Waals surface area contributed by atoms with Crippen molar-refractivity contribution in [2.75, 3.05) is 0 Å². The molecule has 0 radical (unpaired) electrons. The number of aromatic nitrogens is 2. The predicted molar refractivity (Wildman–Crippen MR) is 71.6 cm³/mol. The third-order valence-corrected chi connectivity index (χ3v) is 5.49. The maximum atomic E-state index is 10.3. The monoisotopic (exact) mass is 252 g/mol. The number of fused-ring (bicyclic) bond motifs is 3. The van der Waals surface area contributed by atoms with E-state index in [1.165, 1.54) is 29.7 Å². The fraction of sp³-hybridized carbons (Fsp3) is 0.438. The van der Waals surface area contributed by atoms with Crippen molar-refractivity contribution in [1.29, 1.82) is 0 Å². The summed E-state index contributed by atoms with van der Waals surface area (Å²) in [4.78, 5) is 4.31. The van der Waals surface area contributed by atoms with Gasteiger partial charge in [-0.2, -0.15) is 0 Å². The Bertz CT molecular complexity index is 671. The van der Waals surface area contributed by atoms with E-state index in [9.17, 15) is 5.11 Å². The maximum Gasteiger partial charge on any atom is 0.0956 e. The van der Waals surface area contributed by atoms with Gasteiger partial charge < -0.3 is 9.67 Å². The molecular formula is C16H16N2O. The van der Waals surface area contributed by atoms with Gasteiger partial charge in [-0.1, -0.05) is 24.3 Å². The van der Waals surface area contributed by atoms with Crippen molar-refractivity contribution in [1.82, 2.24) is 9.55 Å². The Morgan fingerprint density at radius 3 is 2.89 bits per heavy atom. The Hall–Kier alpha value is -1.61. The second-order valence-electron chi connectivity index (χ2n) is 6.38. The van der Waals surface area contributed by atoms with Crippen LogP contribution in [0.2, 0.25) is 0 Å². The minimum Gasteiger partial charge on any atom is -0.393 e. The van der Waals surface area contributed by atoms with Crippen LogP contribution in [0.1, 0.15) is 30.9 Å². The number of hydrogen-bond donors (Lipinski definition) is 1. The van der Waals surface area contributed by atoms with Gasteiger partial charge in [-0.05, 0) is 30.2 Å². The van der Waals surface area contributed by atoms with E-state index >= 15 is 0 Å². The van der Waals surface area contributed by atoms with Crippen molar-refractivity contribution >= 4 is 0 Å². The molecule has 5 rings (SSSR count). The zero-order valence-electron chi connectivity index (χ0n) is 10.7. The topological polar surface area (TPSA) is 38.1 Å². The van der Waals surface area contributed by atoms with E-state index in [4.69, 9.17) is 0 Å². The summed E-state index contributed by atoms with van der Waals surface area (Å²) in [6, 6.07) is 8.88. The van der Waals surface area contributed by atoms with E-state index in [2.05, 4.69) is 33.8 Å². The molecule has 3 aliphatic rings. The highest BCUT2D eigenvalue weighted by molar-refractivity contribution is 5.69. The van der Waals surface area contributed by atoms with Gasteiger partial charge in [0.2, 0.25) is 0 Å². The van der Waals surface area contributed by atoms with Gasteiger partial charge in [0.05, 0.1) is 30.4 Å². The largest absolute Gasteiger partial charge is 0.393 e. The van der Waals surface area contributed by atoms with Crippen molar-refractivity contribution in [2.45, 2.75) is 31.4 Å². The van der Waals surface area contributed by atoms with Crippen LogP contribution >= 0.6 is 0 Å². The third kappa shape index (κ3) is 1.11. The first-order valence-corrected chi connectivity index (χ1v) is 7.09. The third-order valence-electron chi connectivity index (χ3n) is 5.49. The Morgan fingerprint density at radius 2 is 2.11 bits per heavy atom. The lowest BCUT2D eigenvalue weighted by Gasteiger charge is -2.46. The van der Waals surface area contributed by atoms with Gasteiger partial charge >= 0.3 is 0 Å². The second kappa shape index (κ2) is 3.10. The minimum absolute atomic E-state index is 0.145. The average molecular weight is 252 g/mol. The van der Waals surface area contributed by atoms with Crippen LogP contribution in [0.15, 0.2) is 36.8 Å². The van der Waals surface area contributed by atoms with Crippen molar-refractivity contribution in [3.8, 4) is 11.3 Å². The highest BCUT2D eigenvalue weighted by Gasteiger charge is 2.64. The van der Waals surface area contributed by atoms with Crippen LogP contribution in [0.25, 0.3) is 11.3 Å². The van der Waals surface area contributed by atoms with Crippen molar-refractivity contribution < 1.29 is 5.11 Å². The molecule has 1 N–H and O–H groups in total. The SMILES string of the molecule is O[C@H]1CC2(CC2)[C@H]1C1c2ccccc2-c2cncn21. The smallest absolute Gasteiger partial charge is 0.0956 e. The molecule has 3 atom stereocenters. The van der Waals surface area contributed by atoms with Gasteiger partial charge in [0.25, 0.3) is 0 Å². The highest BCUT2D eigenvalue weighted by Crippen LogP contribution is 2.69. The molecule has 19 heavy (non-hydrogen) atoms. The number of nitrogens with zero attached hydrogens (tertiary/aromatic N) is 2. The lowest BCUT2D eigenvalue weighted by Crippen LogP contribution is -2.47. The van der Waals surface area contributed by atoms with Crippen LogP contribution in [-0.2, 0) is 0 Å². The zero-order chi connectivity index (χ0) is 12.6. The van der Waals surface area contributed by atoms with E-state index in [1.807, 2.05) is 12.5 Å². The Morgan fingerprint density at radius 1 is 1.26 bits per heavy atom. The molecule has 0 bridgehead atoms. The lowest BCUT2D eigenvalue weighted by molar-refractivity contribution is -0.0677. The first kappa shape index (κ1) is 10.2. The molecule has 1 spiro atoms. The van der Waals surface area contributed by atoms with Crippen LogP contribution in [0.5, 0.6) is 0 Å². The molecule has 1 aromatic heterocycles. The van der Waals surface area contributed by atoms with E-state index in [1.54, 1.807) is 0 Å². The first-order valence-electron chi connectivity index (χ1n) is 7.09. The van der Waals surface area contributed by atoms with Crippen LogP contribution in [0.4, 0.5) is 0 Å². The molecule has 1 aliphatic heterocycles. The molecule has 2 fully saturated rings. The van der Waals surface area contributed by atoms with Gasteiger partial charge in [-0.3, -0.25) is 0 Å². The highest BCUT2D eigenvalue weighted by atomic mass is 16.3. The first-order chi connectivity index (χ1) is 9.30. The summed E-state index contributed by atoms with van der Waals surface area (Å²) in [7, 11) is 0. The van der Waals surface area contributed by atoms with E-state index in [0.29, 0.717) is 17.4 Å². The molecule has 2 heterocycles. The van der Waals surface area contributed by atoms with Gasteiger partial charge in [0, 0.05) is 11.5 Å². The summed E-state index contributed by atoms with van der Waals surface area (Å²) in [6.45, 7) is 0. The van der Waals surface area contributed by atoms with Crippen molar-refractivity contribution in [3.63, 3.8) is 0 Å². The van der Waals surface area contributed by atoms with Gasteiger partial charge in [0.15, 0.2) is 0 Å². The van der Waals surface area contributed by atoms with Crippen LogP contribution in [0, 0.1) is 11.3 Å². The van der Waals surface area contributed by atoms with E-state index < -0.39 is 0 Å². The Labute approximate surface area is 111 Å². The number of rotatable bonds is 1. The summed E-state index contributed by atoms with van der Waals surface area (Å²) in [6.07, 6.45) is 7.31. The average Bonchev–Trinajstić information content (AvgIpc) is 2.97. The number of hydrogen-bond acceptors (Lipinski definition) is 2. The van der Waals surface area contributed by atoms with E-state index in [0.717, 1.165) is 6.42 Å². The summed E-state index contributed by atoms with van der Waals surface area (Å²) in [5, 5.41) is 10.3. The molecule has 2 aromatic rings. The van der Waals surface area contributed by atoms with Crippen LogP contribution in [0.3, 0.4) is 0 Å². The molecule has 0 saturated heterocycles. The fourth-order valence-electron chi connectivity index (χ4n) is 4.41. The molecule has 0 amide bonds.